The molecule has 0 bridgehead atoms. The molecule has 15 heavy (non-hydrogen) atoms. The third kappa shape index (κ3) is 6.83. The van der Waals surface area contributed by atoms with Crippen LogP contribution in [0.4, 0.5) is 0 Å². The fraction of sp³-hybridized carbons (Fsp3) is 0.625. The number of carbonyl (C=O) groups is 1. The van der Waals surface area contributed by atoms with Crippen molar-refractivity contribution in [1.82, 2.24) is 0 Å². The maximum absolute atomic E-state index is 11.0. The van der Waals surface area contributed by atoms with Gasteiger partial charge in [0.05, 0.1) is 5.25 Å². The fourth-order valence-electron chi connectivity index (χ4n) is 0.600. The standard InChI is InChI=1S/C8H14O5S.K/c1-5(2)8(9)13-6(3)7(4)14(10,11)12;/h6-7H,1H2,2-4H3,(H,10,11,12);/q;+1/p-1. The molecule has 0 heterocycles. The van der Waals surface area contributed by atoms with Crippen molar-refractivity contribution in [2.75, 3.05) is 0 Å². The first-order chi connectivity index (χ1) is 6.16. The van der Waals surface area contributed by atoms with Gasteiger partial charge in [-0.05, 0) is 20.8 Å². The molecular formula is C8H13KO5S. The van der Waals surface area contributed by atoms with E-state index in [0.29, 0.717) is 0 Å². The molecule has 0 aliphatic heterocycles. The minimum absolute atomic E-state index is 0. The van der Waals surface area contributed by atoms with Crippen LogP contribution in [0.2, 0.25) is 0 Å². The predicted octanol–water partition coefficient (Wildman–Crippen LogP) is -2.57. The Labute approximate surface area is 132 Å². The maximum atomic E-state index is 11.0. The summed E-state index contributed by atoms with van der Waals surface area (Å²) >= 11 is 0. The Morgan fingerprint density at radius 2 is 1.80 bits per heavy atom. The molecule has 82 valence electrons. The first-order valence-corrected chi connectivity index (χ1v) is 5.44. The van der Waals surface area contributed by atoms with Crippen molar-refractivity contribution in [3.05, 3.63) is 12.2 Å². The van der Waals surface area contributed by atoms with Crippen LogP contribution < -0.4 is 51.4 Å². The molecule has 2 unspecified atom stereocenters. The second kappa shape index (κ2) is 7.15. The molecule has 0 aromatic rings. The van der Waals surface area contributed by atoms with Gasteiger partial charge in [-0.25, -0.2) is 13.2 Å². The summed E-state index contributed by atoms with van der Waals surface area (Å²) in [6.07, 6.45) is -0.971. The Balaban J connectivity index is 0. The van der Waals surface area contributed by atoms with Crippen LogP contribution in [0.3, 0.4) is 0 Å². The minimum Gasteiger partial charge on any atom is -0.748 e. The van der Waals surface area contributed by atoms with Gasteiger partial charge in [0.2, 0.25) is 0 Å². The molecule has 0 saturated heterocycles. The van der Waals surface area contributed by atoms with Crippen LogP contribution >= 0.6 is 0 Å². The molecule has 0 aromatic carbocycles. The first kappa shape index (κ1) is 18.1. The first-order valence-electron chi connectivity index (χ1n) is 3.97. The van der Waals surface area contributed by atoms with E-state index in [1.54, 1.807) is 0 Å². The van der Waals surface area contributed by atoms with Gasteiger partial charge in [-0.15, -0.1) is 0 Å². The van der Waals surface area contributed by atoms with E-state index in [-0.39, 0.29) is 57.0 Å². The number of hydrogen-bond acceptors (Lipinski definition) is 5. The van der Waals surface area contributed by atoms with Crippen molar-refractivity contribution in [3.8, 4) is 0 Å². The SMILES string of the molecule is C=C(C)C(=O)OC(C)C(C)S(=O)(=O)[O-].[K+]. The topological polar surface area (TPSA) is 83.5 Å². The molecule has 0 rings (SSSR count). The smallest absolute Gasteiger partial charge is 0.748 e. The van der Waals surface area contributed by atoms with E-state index >= 15 is 0 Å². The molecule has 0 fully saturated rings. The van der Waals surface area contributed by atoms with Crippen molar-refractivity contribution >= 4 is 16.1 Å². The molecule has 0 aromatic heterocycles. The average Bonchev–Trinajstić information content (AvgIpc) is 2.00. The van der Waals surface area contributed by atoms with Crippen molar-refractivity contribution in [3.63, 3.8) is 0 Å². The summed E-state index contributed by atoms with van der Waals surface area (Å²) < 4.78 is 36.3. The Hall–Kier alpha value is 0.756. The minimum atomic E-state index is -4.43. The van der Waals surface area contributed by atoms with E-state index in [4.69, 9.17) is 0 Å². The van der Waals surface area contributed by atoms with Gasteiger partial charge < -0.3 is 9.29 Å². The number of hydrogen-bond donors (Lipinski definition) is 0. The van der Waals surface area contributed by atoms with Crippen LogP contribution in [0, 0.1) is 0 Å². The normalized spacial score (nSPS) is 14.7. The summed E-state index contributed by atoms with van der Waals surface area (Å²) in [5.74, 6) is -0.701. The Morgan fingerprint density at radius 1 is 1.40 bits per heavy atom. The largest absolute Gasteiger partial charge is 1.00 e. The second-order valence-electron chi connectivity index (χ2n) is 3.09. The predicted molar refractivity (Wildman–Crippen MR) is 49.5 cm³/mol. The van der Waals surface area contributed by atoms with Gasteiger partial charge in [0, 0.05) is 5.57 Å². The molecule has 0 N–H and O–H groups in total. The zero-order chi connectivity index (χ0) is 11.5. The van der Waals surface area contributed by atoms with Crippen LogP contribution in [0.15, 0.2) is 12.2 Å². The molecule has 7 heteroatoms. The fourth-order valence-corrected chi connectivity index (χ4v) is 1.12. The van der Waals surface area contributed by atoms with Gasteiger partial charge in [-0.1, -0.05) is 6.58 Å². The number of carbonyl (C=O) groups excluding carboxylic acids is 1. The summed E-state index contributed by atoms with van der Waals surface area (Å²) in [5.41, 5.74) is 0.160. The zero-order valence-corrected chi connectivity index (χ0v) is 13.3. The van der Waals surface area contributed by atoms with E-state index in [9.17, 15) is 17.8 Å². The van der Waals surface area contributed by atoms with Crippen molar-refractivity contribution < 1.29 is 73.9 Å². The van der Waals surface area contributed by atoms with Crippen LogP contribution in [0.25, 0.3) is 0 Å². The van der Waals surface area contributed by atoms with E-state index in [2.05, 4.69) is 11.3 Å². The van der Waals surface area contributed by atoms with E-state index in [1.165, 1.54) is 20.8 Å². The monoisotopic (exact) mass is 260 g/mol. The van der Waals surface area contributed by atoms with E-state index in [1.807, 2.05) is 0 Å². The third-order valence-corrected chi connectivity index (χ3v) is 3.05. The van der Waals surface area contributed by atoms with E-state index < -0.39 is 27.4 Å². The average molecular weight is 260 g/mol. The van der Waals surface area contributed by atoms with Gasteiger partial charge in [-0.2, -0.15) is 0 Å². The van der Waals surface area contributed by atoms with Crippen molar-refractivity contribution in [2.45, 2.75) is 32.1 Å². The van der Waals surface area contributed by atoms with Crippen LogP contribution in [-0.4, -0.2) is 30.3 Å². The van der Waals surface area contributed by atoms with Crippen LogP contribution in [0.5, 0.6) is 0 Å². The molecule has 0 amide bonds. The summed E-state index contributed by atoms with van der Waals surface area (Å²) in [5, 5.41) is -1.26. The molecule has 0 spiro atoms. The molecule has 0 aliphatic carbocycles. The van der Waals surface area contributed by atoms with Crippen molar-refractivity contribution in [2.24, 2.45) is 0 Å². The molecule has 2 atom stereocenters. The Kier molecular flexibility index (Phi) is 8.65. The quantitative estimate of drug-likeness (QED) is 0.240. The van der Waals surface area contributed by atoms with Crippen LogP contribution in [-0.2, 0) is 19.6 Å². The molecule has 0 aliphatic rings. The maximum Gasteiger partial charge on any atom is 1.00 e. The number of ether oxygens (including phenoxy) is 1. The second-order valence-corrected chi connectivity index (χ2v) is 4.82. The van der Waals surface area contributed by atoms with Gasteiger partial charge in [0.1, 0.15) is 16.2 Å². The van der Waals surface area contributed by atoms with Crippen molar-refractivity contribution in [1.29, 1.82) is 0 Å². The summed E-state index contributed by atoms with van der Waals surface area (Å²) in [6.45, 7) is 7.30. The Morgan fingerprint density at radius 3 is 2.07 bits per heavy atom. The Bertz CT molecular complexity index is 335. The van der Waals surface area contributed by atoms with Gasteiger partial charge >= 0.3 is 57.4 Å². The summed E-state index contributed by atoms with van der Waals surface area (Å²) in [4.78, 5) is 11.0. The van der Waals surface area contributed by atoms with Crippen LogP contribution in [0.1, 0.15) is 20.8 Å². The zero-order valence-electron chi connectivity index (χ0n) is 9.31. The number of rotatable bonds is 4. The number of esters is 1. The van der Waals surface area contributed by atoms with Gasteiger partial charge in [-0.3, -0.25) is 0 Å². The van der Waals surface area contributed by atoms with E-state index in [0.717, 1.165) is 0 Å². The van der Waals surface area contributed by atoms with Gasteiger partial charge in [0.15, 0.2) is 0 Å². The molecule has 5 nitrogen and oxygen atoms in total. The summed E-state index contributed by atoms with van der Waals surface area (Å²) in [7, 11) is -4.43. The molecule has 0 saturated carbocycles. The molecular weight excluding hydrogens is 247 g/mol. The molecule has 0 radical (unpaired) electrons. The van der Waals surface area contributed by atoms with Gasteiger partial charge in [0.25, 0.3) is 0 Å². The third-order valence-electron chi connectivity index (χ3n) is 1.76. The summed E-state index contributed by atoms with van der Waals surface area (Å²) in [6, 6.07) is 0.